The summed E-state index contributed by atoms with van der Waals surface area (Å²) in [5.74, 6) is 0.903. The lowest BCUT2D eigenvalue weighted by atomic mass is 9.91. The van der Waals surface area contributed by atoms with E-state index in [0.29, 0.717) is 6.61 Å². The van der Waals surface area contributed by atoms with Gasteiger partial charge in [-0.2, -0.15) is 0 Å². The van der Waals surface area contributed by atoms with Gasteiger partial charge in [0.25, 0.3) is 0 Å². The van der Waals surface area contributed by atoms with Gasteiger partial charge in [0.05, 0.1) is 12.2 Å². The first-order valence-corrected chi connectivity index (χ1v) is 6.12. The van der Waals surface area contributed by atoms with Crippen molar-refractivity contribution >= 4 is 0 Å². The van der Waals surface area contributed by atoms with E-state index in [1.807, 2.05) is 32.0 Å². The van der Waals surface area contributed by atoms with E-state index in [1.165, 1.54) is 0 Å². The molecule has 0 bridgehead atoms. The van der Waals surface area contributed by atoms with Crippen molar-refractivity contribution in [3.8, 4) is 5.75 Å². The molecule has 0 unspecified atom stereocenters. The van der Waals surface area contributed by atoms with Crippen LogP contribution in [-0.2, 0) is 5.60 Å². The number of aliphatic hydroxyl groups is 1. The SMILES string of the molecule is CCOc1cc(C2(O)CCCC2)ccc1C. The van der Waals surface area contributed by atoms with E-state index in [1.54, 1.807) is 0 Å². The van der Waals surface area contributed by atoms with E-state index < -0.39 is 5.60 Å². The number of rotatable bonds is 3. The molecule has 1 aliphatic carbocycles. The molecule has 0 atom stereocenters. The third-order valence-electron chi connectivity index (χ3n) is 3.46. The van der Waals surface area contributed by atoms with Crippen LogP contribution in [0.25, 0.3) is 0 Å². The van der Waals surface area contributed by atoms with E-state index >= 15 is 0 Å². The van der Waals surface area contributed by atoms with Crippen LogP contribution >= 0.6 is 0 Å². The molecule has 0 radical (unpaired) electrons. The van der Waals surface area contributed by atoms with Crippen molar-refractivity contribution in [2.24, 2.45) is 0 Å². The van der Waals surface area contributed by atoms with Gasteiger partial charge in [-0.1, -0.05) is 25.0 Å². The van der Waals surface area contributed by atoms with Crippen LogP contribution in [0.5, 0.6) is 5.75 Å². The fraction of sp³-hybridized carbons (Fsp3) is 0.571. The number of benzene rings is 1. The molecule has 2 rings (SSSR count). The Hall–Kier alpha value is -1.02. The van der Waals surface area contributed by atoms with Crippen LogP contribution < -0.4 is 4.74 Å². The summed E-state index contributed by atoms with van der Waals surface area (Å²) >= 11 is 0. The van der Waals surface area contributed by atoms with Gasteiger partial charge in [0.1, 0.15) is 5.75 Å². The fourth-order valence-corrected chi connectivity index (χ4v) is 2.45. The average Bonchev–Trinajstić information content (AvgIpc) is 2.70. The molecule has 88 valence electrons. The van der Waals surface area contributed by atoms with E-state index in [9.17, 15) is 5.11 Å². The predicted octanol–water partition coefficient (Wildman–Crippen LogP) is 3.16. The topological polar surface area (TPSA) is 29.5 Å². The first-order chi connectivity index (χ1) is 7.65. The summed E-state index contributed by atoms with van der Waals surface area (Å²) in [7, 11) is 0. The summed E-state index contributed by atoms with van der Waals surface area (Å²) in [6, 6.07) is 6.07. The Bertz CT molecular complexity index is 365. The van der Waals surface area contributed by atoms with Gasteiger partial charge in [0.15, 0.2) is 0 Å². The Labute approximate surface area is 97.3 Å². The summed E-state index contributed by atoms with van der Waals surface area (Å²) in [5, 5.41) is 10.5. The summed E-state index contributed by atoms with van der Waals surface area (Å²) in [6.07, 6.45) is 3.99. The fourth-order valence-electron chi connectivity index (χ4n) is 2.45. The molecular weight excluding hydrogens is 200 g/mol. The van der Waals surface area contributed by atoms with Crippen LogP contribution in [0.3, 0.4) is 0 Å². The molecule has 1 aromatic carbocycles. The lowest BCUT2D eigenvalue weighted by Crippen LogP contribution is -2.20. The van der Waals surface area contributed by atoms with Gasteiger partial charge in [-0.25, -0.2) is 0 Å². The minimum absolute atomic E-state index is 0.612. The Morgan fingerprint density at radius 2 is 2.00 bits per heavy atom. The largest absolute Gasteiger partial charge is 0.494 e. The Kier molecular flexibility index (Phi) is 3.20. The molecule has 1 fully saturated rings. The molecule has 1 saturated carbocycles. The van der Waals surface area contributed by atoms with Crippen LogP contribution in [0, 0.1) is 6.92 Å². The number of ether oxygens (including phenoxy) is 1. The van der Waals surface area contributed by atoms with Crippen LogP contribution in [0.4, 0.5) is 0 Å². The first kappa shape index (κ1) is 11.5. The molecule has 0 aliphatic heterocycles. The maximum Gasteiger partial charge on any atom is 0.122 e. The normalized spacial score (nSPS) is 18.7. The van der Waals surface area contributed by atoms with Crippen LogP contribution in [0.15, 0.2) is 18.2 Å². The second-order valence-electron chi connectivity index (χ2n) is 4.65. The monoisotopic (exact) mass is 220 g/mol. The number of aryl methyl sites for hydroxylation is 1. The molecule has 2 nitrogen and oxygen atoms in total. The van der Waals surface area contributed by atoms with E-state index in [2.05, 4.69) is 0 Å². The third-order valence-corrected chi connectivity index (χ3v) is 3.46. The Morgan fingerprint density at radius 3 is 2.62 bits per heavy atom. The molecule has 0 heterocycles. The highest BCUT2D eigenvalue weighted by Gasteiger charge is 2.33. The molecule has 1 aliphatic rings. The predicted molar refractivity (Wildman–Crippen MR) is 64.7 cm³/mol. The maximum absolute atomic E-state index is 10.5. The number of hydrogen-bond donors (Lipinski definition) is 1. The molecule has 0 aromatic heterocycles. The lowest BCUT2D eigenvalue weighted by molar-refractivity contribution is 0.0442. The van der Waals surface area contributed by atoms with Gasteiger partial charge in [-0.15, -0.1) is 0 Å². The van der Waals surface area contributed by atoms with Crippen molar-refractivity contribution in [2.45, 2.75) is 45.1 Å². The summed E-state index contributed by atoms with van der Waals surface area (Å²) in [5.41, 5.74) is 1.53. The molecule has 0 amide bonds. The van der Waals surface area contributed by atoms with Gasteiger partial charge < -0.3 is 9.84 Å². The maximum atomic E-state index is 10.5. The second kappa shape index (κ2) is 4.46. The number of hydrogen-bond acceptors (Lipinski definition) is 2. The van der Waals surface area contributed by atoms with Gasteiger partial charge >= 0.3 is 0 Å². The quantitative estimate of drug-likeness (QED) is 0.848. The van der Waals surface area contributed by atoms with Crippen molar-refractivity contribution in [3.63, 3.8) is 0 Å². The third kappa shape index (κ3) is 2.07. The molecular formula is C14H20O2. The zero-order chi connectivity index (χ0) is 11.6. The zero-order valence-corrected chi connectivity index (χ0v) is 10.1. The molecule has 0 saturated heterocycles. The van der Waals surface area contributed by atoms with Gasteiger partial charge in [-0.3, -0.25) is 0 Å². The molecule has 0 spiro atoms. The smallest absolute Gasteiger partial charge is 0.122 e. The second-order valence-corrected chi connectivity index (χ2v) is 4.65. The first-order valence-electron chi connectivity index (χ1n) is 6.12. The molecule has 2 heteroatoms. The van der Waals surface area contributed by atoms with E-state index in [-0.39, 0.29) is 0 Å². The van der Waals surface area contributed by atoms with Crippen molar-refractivity contribution in [1.82, 2.24) is 0 Å². The zero-order valence-electron chi connectivity index (χ0n) is 10.1. The van der Waals surface area contributed by atoms with Crippen molar-refractivity contribution < 1.29 is 9.84 Å². The van der Waals surface area contributed by atoms with Crippen LogP contribution in [0.1, 0.15) is 43.7 Å². The highest BCUT2D eigenvalue weighted by atomic mass is 16.5. The van der Waals surface area contributed by atoms with Crippen LogP contribution in [0.2, 0.25) is 0 Å². The average molecular weight is 220 g/mol. The Balaban J connectivity index is 2.31. The highest BCUT2D eigenvalue weighted by Crippen LogP contribution is 2.40. The lowest BCUT2D eigenvalue weighted by Gasteiger charge is -2.23. The van der Waals surface area contributed by atoms with Crippen molar-refractivity contribution in [3.05, 3.63) is 29.3 Å². The Morgan fingerprint density at radius 1 is 1.31 bits per heavy atom. The molecule has 1 aromatic rings. The van der Waals surface area contributed by atoms with E-state index in [0.717, 1.165) is 42.6 Å². The van der Waals surface area contributed by atoms with Crippen molar-refractivity contribution in [2.75, 3.05) is 6.61 Å². The van der Waals surface area contributed by atoms with Crippen LogP contribution in [-0.4, -0.2) is 11.7 Å². The summed E-state index contributed by atoms with van der Waals surface area (Å²) in [6.45, 7) is 4.69. The minimum atomic E-state index is -0.612. The van der Waals surface area contributed by atoms with Gasteiger partial charge in [-0.05, 0) is 43.9 Å². The van der Waals surface area contributed by atoms with Crippen molar-refractivity contribution in [1.29, 1.82) is 0 Å². The summed E-state index contributed by atoms with van der Waals surface area (Å²) < 4.78 is 5.57. The molecule has 16 heavy (non-hydrogen) atoms. The van der Waals surface area contributed by atoms with Gasteiger partial charge in [0, 0.05) is 0 Å². The minimum Gasteiger partial charge on any atom is -0.494 e. The molecule has 1 N–H and O–H groups in total. The van der Waals surface area contributed by atoms with Gasteiger partial charge in [0.2, 0.25) is 0 Å². The van der Waals surface area contributed by atoms with E-state index in [4.69, 9.17) is 4.74 Å². The summed E-state index contributed by atoms with van der Waals surface area (Å²) in [4.78, 5) is 0. The highest BCUT2D eigenvalue weighted by molar-refractivity contribution is 5.39. The standard InChI is InChI=1S/C14H20O2/c1-3-16-13-10-12(7-6-11(13)2)14(15)8-4-5-9-14/h6-7,10,15H,3-5,8-9H2,1-2H3.